The van der Waals surface area contributed by atoms with Crippen molar-refractivity contribution in [2.75, 3.05) is 7.11 Å². The summed E-state index contributed by atoms with van der Waals surface area (Å²) in [5, 5.41) is 53.2. The highest BCUT2D eigenvalue weighted by Gasteiger charge is 2.41. The number of hydrogen-bond donors (Lipinski definition) is 6. The first-order valence-corrected chi connectivity index (χ1v) is 6.87. The molecule has 0 fully saturated rings. The summed E-state index contributed by atoms with van der Waals surface area (Å²) in [4.78, 5) is 31.6. The summed E-state index contributed by atoms with van der Waals surface area (Å²) in [7, 11) is 1.17. The summed E-state index contributed by atoms with van der Waals surface area (Å²) in [6.45, 7) is 2.91. The van der Waals surface area contributed by atoms with Crippen LogP contribution in [0.25, 0.3) is 0 Å². The molecule has 25 heavy (non-hydrogen) atoms. The smallest absolute Gasteiger partial charge is 0.338 e. The zero-order valence-electron chi connectivity index (χ0n) is 13.8. The zero-order chi connectivity index (χ0) is 19.9. The van der Waals surface area contributed by atoms with Crippen molar-refractivity contribution in [3.05, 3.63) is 17.7 Å². The van der Waals surface area contributed by atoms with E-state index in [1.807, 2.05) is 0 Å². The summed E-state index contributed by atoms with van der Waals surface area (Å²) in [6, 6.07) is 2.00. The Bertz CT molecular complexity index is 629. The molecule has 0 aliphatic carbocycles. The molecule has 0 spiro atoms. The van der Waals surface area contributed by atoms with Gasteiger partial charge in [0, 0.05) is 0 Å². The third-order valence-corrected chi connectivity index (χ3v) is 3.24. The predicted octanol–water partition coefficient (Wildman–Crippen LogP) is 0.523. The Morgan fingerprint density at radius 1 is 1.08 bits per heavy atom. The van der Waals surface area contributed by atoms with Gasteiger partial charge >= 0.3 is 17.9 Å². The number of aliphatic hydroxyl groups is 1. The van der Waals surface area contributed by atoms with Gasteiger partial charge in [0.25, 0.3) is 0 Å². The third kappa shape index (κ3) is 5.84. The molecule has 10 heteroatoms. The summed E-state index contributed by atoms with van der Waals surface area (Å²) in [5.41, 5.74) is -2.19. The number of esters is 1. The normalized spacial score (nSPS) is 12.5. The minimum atomic E-state index is -2.16. The van der Waals surface area contributed by atoms with Gasteiger partial charge in [-0.2, -0.15) is 0 Å². The van der Waals surface area contributed by atoms with Crippen LogP contribution in [0.15, 0.2) is 12.1 Å². The summed E-state index contributed by atoms with van der Waals surface area (Å²) in [5.74, 6) is -5.96. The number of hydrogen-bond acceptors (Lipinski definition) is 8. The van der Waals surface area contributed by atoms with Gasteiger partial charge in [0.2, 0.25) is 0 Å². The van der Waals surface area contributed by atoms with Crippen LogP contribution >= 0.6 is 0 Å². The van der Waals surface area contributed by atoms with Crippen molar-refractivity contribution in [3.8, 4) is 17.2 Å². The van der Waals surface area contributed by atoms with E-state index in [9.17, 15) is 19.5 Å². The number of carboxylic acids is 2. The van der Waals surface area contributed by atoms with Gasteiger partial charge in [-0.3, -0.25) is 4.79 Å². The summed E-state index contributed by atoms with van der Waals surface area (Å²) >= 11 is 0. The fraction of sp³-hybridized carbons (Fsp3) is 0.400. The van der Waals surface area contributed by atoms with Crippen LogP contribution in [0.4, 0.5) is 0 Å². The molecule has 0 aliphatic heterocycles. The van der Waals surface area contributed by atoms with Crippen molar-refractivity contribution in [1.82, 2.24) is 0 Å². The minimum absolute atomic E-state index is 0.0321. The highest BCUT2D eigenvalue weighted by Crippen LogP contribution is 2.35. The van der Waals surface area contributed by atoms with Gasteiger partial charge in [-0.05, 0) is 18.1 Å². The van der Waals surface area contributed by atoms with E-state index in [4.69, 9.17) is 25.5 Å². The summed E-state index contributed by atoms with van der Waals surface area (Å²) in [6.07, 6.45) is -0.778. The Morgan fingerprint density at radius 2 is 1.52 bits per heavy atom. The molecule has 1 rings (SSSR count). The Morgan fingerprint density at radius 3 is 1.76 bits per heavy atom. The second-order valence-corrected chi connectivity index (χ2v) is 5.31. The van der Waals surface area contributed by atoms with E-state index in [2.05, 4.69) is 4.74 Å². The second-order valence-electron chi connectivity index (χ2n) is 5.31. The number of methoxy groups -OCH3 is 1. The lowest BCUT2D eigenvalue weighted by Gasteiger charge is -2.25. The van der Waals surface area contributed by atoms with Gasteiger partial charge in [0.05, 0.1) is 19.1 Å². The van der Waals surface area contributed by atoms with Gasteiger partial charge < -0.3 is 35.4 Å². The highest BCUT2D eigenvalue weighted by molar-refractivity contribution is 5.90. The maximum absolute atomic E-state index is 10.9. The lowest BCUT2D eigenvalue weighted by molar-refractivity contribution is -0.170. The lowest BCUT2D eigenvalue weighted by Crippen LogP contribution is -2.45. The molecule has 1 aromatic rings. The molecular formula is C15H20O10. The summed E-state index contributed by atoms with van der Waals surface area (Å²) < 4.78 is 4.34. The molecule has 0 aromatic heterocycles. The van der Waals surface area contributed by atoms with Crippen molar-refractivity contribution >= 4 is 17.9 Å². The lowest BCUT2D eigenvalue weighted by atomic mass is 9.87. The van der Waals surface area contributed by atoms with Gasteiger partial charge in [-0.15, -0.1) is 0 Å². The van der Waals surface area contributed by atoms with Gasteiger partial charge in [0.1, 0.15) is 0 Å². The van der Waals surface area contributed by atoms with E-state index in [0.717, 1.165) is 12.1 Å². The molecule has 1 atom stereocenters. The van der Waals surface area contributed by atoms with E-state index < -0.39 is 53.1 Å². The average Bonchev–Trinajstić information content (AvgIpc) is 2.50. The molecule has 0 heterocycles. The highest BCUT2D eigenvalue weighted by atomic mass is 16.5. The fourth-order valence-corrected chi connectivity index (χ4v) is 1.60. The number of carboxylic acid groups (broad SMARTS) is 2. The van der Waals surface area contributed by atoms with Gasteiger partial charge in [0.15, 0.2) is 22.8 Å². The van der Waals surface area contributed by atoms with Gasteiger partial charge in [-0.1, -0.05) is 13.8 Å². The van der Waals surface area contributed by atoms with E-state index in [-0.39, 0.29) is 5.56 Å². The molecule has 0 radical (unpaired) electrons. The van der Waals surface area contributed by atoms with Crippen LogP contribution in [0, 0.1) is 5.92 Å². The fourth-order valence-electron chi connectivity index (χ4n) is 1.60. The number of aliphatic carboxylic acids is 2. The van der Waals surface area contributed by atoms with Crippen LogP contribution in [0.3, 0.4) is 0 Å². The first-order valence-electron chi connectivity index (χ1n) is 6.87. The van der Waals surface area contributed by atoms with Crippen molar-refractivity contribution in [3.63, 3.8) is 0 Å². The Hall–Kier alpha value is -3.01. The molecular weight excluding hydrogens is 340 g/mol. The van der Waals surface area contributed by atoms with Crippen molar-refractivity contribution in [1.29, 1.82) is 0 Å². The number of phenolic OH excluding ortho intramolecular Hbond substituents is 3. The van der Waals surface area contributed by atoms with E-state index >= 15 is 0 Å². The first kappa shape index (κ1) is 22.0. The molecule has 1 aromatic carbocycles. The molecule has 140 valence electrons. The van der Waals surface area contributed by atoms with Crippen LogP contribution in [0.2, 0.25) is 0 Å². The third-order valence-electron chi connectivity index (χ3n) is 3.24. The van der Waals surface area contributed by atoms with Crippen LogP contribution < -0.4 is 0 Å². The quantitative estimate of drug-likeness (QED) is 0.320. The van der Waals surface area contributed by atoms with Gasteiger partial charge in [-0.25, -0.2) is 9.59 Å². The number of ether oxygens (including phenoxy) is 1. The van der Waals surface area contributed by atoms with Crippen molar-refractivity contribution in [2.24, 2.45) is 5.92 Å². The number of phenols is 3. The second kappa shape index (κ2) is 8.73. The number of carbonyl (C=O) groups excluding carboxylic acids is 1. The zero-order valence-corrected chi connectivity index (χ0v) is 13.8. The number of aromatic hydroxyl groups is 3. The van der Waals surface area contributed by atoms with Crippen molar-refractivity contribution in [2.45, 2.75) is 25.9 Å². The Balaban J connectivity index is 0.000000463. The van der Waals surface area contributed by atoms with Crippen molar-refractivity contribution < 1.29 is 49.8 Å². The maximum Gasteiger partial charge on any atom is 0.338 e. The Labute approximate surface area is 142 Å². The molecule has 0 amide bonds. The van der Waals surface area contributed by atoms with Crippen LogP contribution in [-0.4, -0.2) is 61.3 Å². The molecule has 10 nitrogen and oxygen atoms in total. The monoisotopic (exact) mass is 360 g/mol. The first-order chi connectivity index (χ1) is 11.4. The van der Waals surface area contributed by atoms with Crippen LogP contribution in [0.1, 0.15) is 30.6 Å². The predicted molar refractivity (Wildman–Crippen MR) is 82.5 cm³/mol. The number of carbonyl (C=O) groups is 3. The largest absolute Gasteiger partial charge is 0.504 e. The molecule has 0 aliphatic rings. The molecule has 1 unspecified atom stereocenters. The van der Waals surface area contributed by atoms with Crippen LogP contribution in [-0.2, 0) is 14.3 Å². The average molecular weight is 360 g/mol. The van der Waals surface area contributed by atoms with E-state index in [1.165, 1.54) is 21.0 Å². The van der Waals surface area contributed by atoms with Crippen LogP contribution in [0.5, 0.6) is 17.2 Å². The topological polar surface area (TPSA) is 182 Å². The van der Waals surface area contributed by atoms with E-state index in [0.29, 0.717) is 0 Å². The molecule has 0 saturated heterocycles. The molecule has 6 N–H and O–H groups in total. The standard InChI is InChI=1S/C8H8O5.C7H12O5/c1-13-8(12)4-2-5(9)7(11)6(10)3-4;1-4(2)7(12,6(10)11)3-5(8)9/h2-3,9-11H,1H3;4,12H,3H2,1-2H3,(H,8,9)(H,10,11). The SMILES string of the molecule is CC(C)C(O)(CC(=O)O)C(=O)O.COC(=O)c1cc(O)c(O)c(O)c1. The maximum atomic E-state index is 10.9. The molecule has 0 bridgehead atoms. The number of benzene rings is 1. The molecule has 0 saturated carbocycles. The minimum Gasteiger partial charge on any atom is -0.504 e. The number of rotatable bonds is 5. The van der Waals surface area contributed by atoms with E-state index in [1.54, 1.807) is 0 Å². The Kier molecular flexibility index (Phi) is 7.68.